The SMILES string of the molecule is O=C(C1CNc2ccccc2O1)N1CCC[C@@H]1CO. The van der Waals surface area contributed by atoms with Gasteiger partial charge in [-0.05, 0) is 25.0 Å². The van der Waals surface area contributed by atoms with Crippen molar-refractivity contribution in [1.29, 1.82) is 0 Å². The average molecular weight is 262 g/mol. The molecule has 0 spiro atoms. The highest BCUT2D eigenvalue weighted by Crippen LogP contribution is 2.29. The van der Waals surface area contributed by atoms with Crippen molar-refractivity contribution in [3.05, 3.63) is 24.3 Å². The molecule has 102 valence electrons. The van der Waals surface area contributed by atoms with Crippen LogP contribution in [0.25, 0.3) is 0 Å². The Bertz CT molecular complexity index is 478. The Morgan fingerprint density at radius 2 is 2.32 bits per heavy atom. The Hall–Kier alpha value is -1.75. The Morgan fingerprint density at radius 3 is 3.16 bits per heavy atom. The van der Waals surface area contributed by atoms with Gasteiger partial charge in [0.25, 0.3) is 5.91 Å². The van der Waals surface area contributed by atoms with E-state index in [2.05, 4.69) is 5.32 Å². The number of aliphatic hydroxyl groups excluding tert-OH is 1. The van der Waals surface area contributed by atoms with Crippen molar-refractivity contribution < 1.29 is 14.6 Å². The van der Waals surface area contributed by atoms with E-state index in [1.54, 1.807) is 4.90 Å². The molecule has 0 saturated carbocycles. The van der Waals surface area contributed by atoms with Gasteiger partial charge < -0.3 is 20.1 Å². The molecule has 1 fully saturated rings. The fourth-order valence-corrected chi connectivity index (χ4v) is 2.75. The minimum atomic E-state index is -0.498. The van der Waals surface area contributed by atoms with Gasteiger partial charge in [0.1, 0.15) is 5.75 Å². The third-order valence-electron chi connectivity index (χ3n) is 3.78. The van der Waals surface area contributed by atoms with Crippen molar-refractivity contribution in [2.45, 2.75) is 25.0 Å². The highest BCUT2D eigenvalue weighted by molar-refractivity contribution is 5.83. The van der Waals surface area contributed by atoms with E-state index in [4.69, 9.17) is 4.74 Å². The quantitative estimate of drug-likeness (QED) is 0.829. The van der Waals surface area contributed by atoms with Gasteiger partial charge in [-0.2, -0.15) is 0 Å². The van der Waals surface area contributed by atoms with E-state index in [0.29, 0.717) is 18.8 Å². The van der Waals surface area contributed by atoms with Gasteiger partial charge in [0.2, 0.25) is 0 Å². The zero-order chi connectivity index (χ0) is 13.2. The number of amides is 1. The maximum Gasteiger partial charge on any atom is 0.265 e. The second-order valence-corrected chi connectivity index (χ2v) is 4.99. The van der Waals surface area contributed by atoms with Crippen molar-refractivity contribution >= 4 is 11.6 Å². The van der Waals surface area contributed by atoms with Gasteiger partial charge in [0.05, 0.1) is 24.9 Å². The molecule has 0 aliphatic carbocycles. The van der Waals surface area contributed by atoms with Crippen molar-refractivity contribution in [3.63, 3.8) is 0 Å². The lowest BCUT2D eigenvalue weighted by molar-refractivity contribution is -0.139. The van der Waals surface area contributed by atoms with Crippen LogP contribution in [0.1, 0.15) is 12.8 Å². The smallest absolute Gasteiger partial charge is 0.265 e. The minimum Gasteiger partial charge on any atom is -0.477 e. The Morgan fingerprint density at radius 1 is 1.47 bits per heavy atom. The summed E-state index contributed by atoms with van der Waals surface area (Å²) < 4.78 is 5.76. The predicted molar refractivity (Wildman–Crippen MR) is 71.2 cm³/mol. The number of carbonyl (C=O) groups excluding carboxylic acids is 1. The lowest BCUT2D eigenvalue weighted by Gasteiger charge is -2.31. The Labute approximate surface area is 112 Å². The summed E-state index contributed by atoms with van der Waals surface area (Å²) in [5, 5.41) is 12.5. The number of hydrogen-bond donors (Lipinski definition) is 2. The molecule has 0 aromatic heterocycles. The number of ether oxygens (including phenoxy) is 1. The first kappa shape index (κ1) is 12.3. The number of likely N-dealkylation sites (tertiary alicyclic amines) is 1. The summed E-state index contributed by atoms with van der Waals surface area (Å²) in [6.45, 7) is 1.22. The first-order valence-corrected chi connectivity index (χ1v) is 6.70. The normalized spacial score (nSPS) is 25.4. The minimum absolute atomic E-state index is 0.0291. The topological polar surface area (TPSA) is 61.8 Å². The monoisotopic (exact) mass is 262 g/mol. The number of anilines is 1. The van der Waals surface area contributed by atoms with Gasteiger partial charge >= 0.3 is 0 Å². The third-order valence-corrected chi connectivity index (χ3v) is 3.78. The second-order valence-electron chi connectivity index (χ2n) is 4.99. The van der Waals surface area contributed by atoms with Crippen LogP contribution in [-0.2, 0) is 4.79 Å². The predicted octanol–water partition coefficient (Wildman–Crippen LogP) is 0.843. The van der Waals surface area contributed by atoms with Gasteiger partial charge in [-0.3, -0.25) is 4.79 Å². The molecule has 5 nitrogen and oxygen atoms in total. The standard InChI is InChI=1S/C14H18N2O3/c17-9-10-4-3-7-16(10)14(18)13-8-15-11-5-1-2-6-12(11)19-13/h1-2,5-6,10,13,15,17H,3-4,7-9H2/t10-,13?/m1/s1. The maximum absolute atomic E-state index is 12.4. The van der Waals surface area contributed by atoms with Crippen LogP contribution in [0, 0.1) is 0 Å². The molecular formula is C14H18N2O3. The van der Waals surface area contributed by atoms with Gasteiger partial charge in [0, 0.05) is 6.54 Å². The van der Waals surface area contributed by atoms with E-state index in [1.807, 2.05) is 24.3 Å². The number of fused-ring (bicyclic) bond motifs is 1. The number of carbonyl (C=O) groups is 1. The van der Waals surface area contributed by atoms with Crippen LogP contribution in [0.2, 0.25) is 0 Å². The summed E-state index contributed by atoms with van der Waals surface area (Å²) in [4.78, 5) is 14.2. The van der Waals surface area contributed by atoms with Crippen LogP contribution in [-0.4, -0.2) is 47.8 Å². The summed E-state index contributed by atoms with van der Waals surface area (Å²) in [5.41, 5.74) is 0.923. The van der Waals surface area contributed by atoms with Crippen LogP contribution in [0.15, 0.2) is 24.3 Å². The molecule has 2 atom stereocenters. The van der Waals surface area contributed by atoms with Crippen molar-refractivity contribution in [2.24, 2.45) is 0 Å². The van der Waals surface area contributed by atoms with E-state index in [0.717, 1.165) is 18.5 Å². The Kier molecular flexibility index (Phi) is 3.29. The molecule has 1 saturated heterocycles. The number of nitrogens with one attached hydrogen (secondary N) is 1. The van der Waals surface area contributed by atoms with Crippen molar-refractivity contribution in [1.82, 2.24) is 4.90 Å². The highest BCUT2D eigenvalue weighted by Gasteiger charge is 2.35. The zero-order valence-electron chi connectivity index (χ0n) is 10.7. The van der Waals surface area contributed by atoms with E-state index in [-0.39, 0.29) is 18.6 Å². The molecule has 1 unspecified atom stereocenters. The molecule has 1 aromatic carbocycles. The number of para-hydroxylation sites is 2. The number of rotatable bonds is 2. The van der Waals surface area contributed by atoms with Crippen LogP contribution in [0.3, 0.4) is 0 Å². The molecule has 3 rings (SSSR count). The van der Waals surface area contributed by atoms with E-state index >= 15 is 0 Å². The highest BCUT2D eigenvalue weighted by atomic mass is 16.5. The lowest BCUT2D eigenvalue weighted by Crippen LogP contribution is -2.49. The molecule has 5 heteroatoms. The van der Waals surface area contributed by atoms with Crippen molar-refractivity contribution in [3.8, 4) is 5.75 Å². The average Bonchev–Trinajstić information content (AvgIpc) is 2.94. The summed E-state index contributed by atoms with van der Waals surface area (Å²) in [6, 6.07) is 7.56. The number of nitrogens with zero attached hydrogens (tertiary/aromatic N) is 1. The van der Waals surface area contributed by atoms with Crippen LogP contribution >= 0.6 is 0 Å². The van der Waals surface area contributed by atoms with Gasteiger partial charge in [-0.1, -0.05) is 12.1 Å². The molecule has 1 amide bonds. The lowest BCUT2D eigenvalue weighted by atomic mass is 10.2. The molecule has 19 heavy (non-hydrogen) atoms. The summed E-state index contributed by atoms with van der Waals surface area (Å²) in [7, 11) is 0. The number of benzene rings is 1. The maximum atomic E-state index is 12.4. The summed E-state index contributed by atoms with van der Waals surface area (Å²) >= 11 is 0. The molecule has 1 aromatic rings. The fourth-order valence-electron chi connectivity index (χ4n) is 2.75. The Balaban J connectivity index is 1.72. The molecule has 0 radical (unpaired) electrons. The summed E-state index contributed by atoms with van der Waals surface area (Å²) in [5.74, 6) is 0.686. The second kappa shape index (κ2) is 5.09. The van der Waals surface area contributed by atoms with Crippen LogP contribution in [0.4, 0.5) is 5.69 Å². The van der Waals surface area contributed by atoms with Gasteiger partial charge in [-0.25, -0.2) is 0 Å². The zero-order valence-corrected chi connectivity index (χ0v) is 10.7. The van der Waals surface area contributed by atoms with Crippen molar-refractivity contribution in [2.75, 3.05) is 25.0 Å². The van der Waals surface area contributed by atoms with Gasteiger partial charge in [0.15, 0.2) is 6.10 Å². The number of hydrogen-bond acceptors (Lipinski definition) is 4. The third kappa shape index (κ3) is 2.26. The van der Waals surface area contributed by atoms with Crippen LogP contribution in [0.5, 0.6) is 5.75 Å². The summed E-state index contributed by atoms with van der Waals surface area (Å²) in [6.07, 6.45) is 1.33. The van der Waals surface area contributed by atoms with Crippen LogP contribution < -0.4 is 10.1 Å². The van der Waals surface area contributed by atoms with E-state index < -0.39 is 6.10 Å². The molecular weight excluding hydrogens is 244 g/mol. The first-order chi connectivity index (χ1) is 9.29. The van der Waals surface area contributed by atoms with Gasteiger partial charge in [-0.15, -0.1) is 0 Å². The number of aliphatic hydroxyl groups is 1. The molecule has 2 N–H and O–H groups in total. The molecule has 2 aliphatic heterocycles. The van der Waals surface area contributed by atoms with E-state index in [9.17, 15) is 9.90 Å². The van der Waals surface area contributed by atoms with E-state index in [1.165, 1.54) is 0 Å². The molecule has 2 heterocycles. The molecule has 0 bridgehead atoms. The first-order valence-electron chi connectivity index (χ1n) is 6.70. The molecule has 2 aliphatic rings. The fraction of sp³-hybridized carbons (Fsp3) is 0.500. The largest absolute Gasteiger partial charge is 0.477 e.